The van der Waals surface area contributed by atoms with E-state index in [9.17, 15) is 26.3 Å². The molecule has 2 nitrogen and oxygen atoms in total. The van der Waals surface area contributed by atoms with Gasteiger partial charge in [0.15, 0.2) is 0 Å². The zero-order chi connectivity index (χ0) is 15.8. The van der Waals surface area contributed by atoms with Gasteiger partial charge < -0.3 is 4.74 Å². The summed E-state index contributed by atoms with van der Waals surface area (Å²) in [5.41, 5.74) is -3.08. The first-order valence-corrected chi connectivity index (χ1v) is 5.93. The van der Waals surface area contributed by atoms with E-state index in [1.165, 1.54) is 0 Å². The lowest BCUT2D eigenvalue weighted by atomic mass is 9.93. The molecule has 1 aliphatic heterocycles. The van der Waals surface area contributed by atoms with E-state index in [1.54, 1.807) is 0 Å². The van der Waals surface area contributed by atoms with Crippen molar-refractivity contribution in [3.63, 3.8) is 0 Å². The predicted molar refractivity (Wildman–Crippen MR) is 58.9 cm³/mol. The van der Waals surface area contributed by atoms with E-state index in [2.05, 4.69) is 0 Å². The molecule has 2 unspecified atom stereocenters. The zero-order valence-electron chi connectivity index (χ0n) is 10.4. The van der Waals surface area contributed by atoms with Crippen LogP contribution < -0.4 is 0 Å². The van der Waals surface area contributed by atoms with Gasteiger partial charge in [-0.1, -0.05) is 0 Å². The van der Waals surface area contributed by atoms with Gasteiger partial charge in [-0.2, -0.15) is 31.6 Å². The summed E-state index contributed by atoms with van der Waals surface area (Å²) < 4.78 is 81.5. The Morgan fingerprint density at radius 3 is 1.95 bits per heavy atom. The second-order valence-corrected chi connectivity index (χ2v) is 4.65. The number of halogens is 6. The maximum absolute atomic E-state index is 12.7. The number of benzene rings is 1. The predicted octanol–water partition coefficient (Wildman–Crippen LogP) is 4.33. The van der Waals surface area contributed by atoms with Crippen LogP contribution in [0.1, 0.15) is 29.2 Å². The van der Waals surface area contributed by atoms with Crippen molar-refractivity contribution in [1.82, 2.24) is 0 Å². The lowest BCUT2D eigenvalue weighted by Gasteiger charge is -2.18. The average Bonchev–Trinajstić information content (AvgIpc) is 2.84. The van der Waals surface area contributed by atoms with E-state index in [0.717, 1.165) is 0 Å². The highest BCUT2D eigenvalue weighted by Crippen LogP contribution is 2.41. The molecule has 1 saturated heterocycles. The van der Waals surface area contributed by atoms with Gasteiger partial charge in [-0.15, -0.1) is 0 Å². The maximum Gasteiger partial charge on any atom is 0.416 e. The molecule has 0 radical (unpaired) electrons. The summed E-state index contributed by atoms with van der Waals surface area (Å²) >= 11 is 0. The Morgan fingerprint density at radius 1 is 1.00 bits per heavy atom. The molecule has 114 valence electrons. The van der Waals surface area contributed by atoms with E-state index in [4.69, 9.17) is 10.00 Å². The van der Waals surface area contributed by atoms with Crippen LogP contribution in [-0.4, -0.2) is 6.61 Å². The number of hydrogen-bond donors (Lipinski definition) is 0. The maximum atomic E-state index is 12.7. The number of ether oxygens (including phenoxy) is 1. The molecule has 1 aromatic carbocycles. The van der Waals surface area contributed by atoms with Crippen LogP contribution in [0.2, 0.25) is 0 Å². The number of rotatable bonds is 1. The van der Waals surface area contributed by atoms with Gasteiger partial charge in [0.2, 0.25) is 0 Å². The molecule has 2 rings (SSSR count). The van der Waals surface area contributed by atoms with E-state index < -0.39 is 35.5 Å². The summed E-state index contributed by atoms with van der Waals surface area (Å²) in [6, 6.07) is 3.11. The van der Waals surface area contributed by atoms with Crippen molar-refractivity contribution >= 4 is 0 Å². The highest BCUT2D eigenvalue weighted by Gasteiger charge is 2.39. The first kappa shape index (κ1) is 15.6. The summed E-state index contributed by atoms with van der Waals surface area (Å²) in [5.74, 6) is -0.755. The summed E-state index contributed by atoms with van der Waals surface area (Å²) in [7, 11) is 0. The zero-order valence-corrected chi connectivity index (χ0v) is 10.4. The molecule has 1 fully saturated rings. The van der Waals surface area contributed by atoms with Gasteiger partial charge in [-0.3, -0.25) is 0 Å². The standard InChI is InChI=1S/C13H9F6NO/c14-12(15,16)9-3-8(4-10(5-9)13(17,18)19)11-7(6-20)1-2-21-11/h3-5,7,11H,1-2H2. The second-order valence-electron chi connectivity index (χ2n) is 4.65. The highest BCUT2D eigenvalue weighted by atomic mass is 19.4. The lowest BCUT2D eigenvalue weighted by Crippen LogP contribution is -2.14. The van der Waals surface area contributed by atoms with Crippen LogP contribution in [0, 0.1) is 17.2 Å². The molecule has 8 heteroatoms. The minimum Gasteiger partial charge on any atom is -0.372 e. The Bertz CT molecular complexity index is 539. The Hall–Kier alpha value is -1.75. The Kier molecular flexibility index (Phi) is 3.89. The van der Waals surface area contributed by atoms with Crippen LogP contribution in [0.4, 0.5) is 26.3 Å². The van der Waals surface area contributed by atoms with Crippen molar-refractivity contribution in [3.05, 3.63) is 34.9 Å². The smallest absolute Gasteiger partial charge is 0.372 e. The van der Waals surface area contributed by atoms with Crippen LogP contribution >= 0.6 is 0 Å². The molecule has 0 saturated carbocycles. The van der Waals surface area contributed by atoms with Gasteiger partial charge in [-0.05, 0) is 30.2 Å². The molecule has 0 N–H and O–H groups in total. The molecule has 0 aromatic heterocycles. The topological polar surface area (TPSA) is 33.0 Å². The monoisotopic (exact) mass is 309 g/mol. The number of alkyl halides is 6. The number of nitrogens with zero attached hydrogens (tertiary/aromatic N) is 1. The molecule has 0 amide bonds. The van der Waals surface area contributed by atoms with Gasteiger partial charge in [0.1, 0.15) is 0 Å². The molecule has 0 spiro atoms. The highest BCUT2D eigenvalue weighted by molar-refractivity contribution is 5.35. The normalized spacial score (nSPS) is 23.1. The van der Waals surface area contributed by atoms with E-state index in [-0.39, 0.29) is 24.7 Å². The third-order valence-electron chi connectivity index (χ3n) is 3.20. The molecule has 1 aromatic rings. The van der Waals surface area contributed by atoms with Crippen molar-refractivity contribution in [3.8, 4) is 6.07 Å². The summed E-state index contributed by atoms with van der Waals surface area (Å²) in [6.45, 7) is 0.125. The van der Waals surface area contributed by atoms with E-state index in [1.807, 2.05) is 6.07 Å². The van der Waals surface area contributed by atoms with Crippen molar-refractivity contribution < 1.29 is 31.1 Å². The fourth-order valence-electron chi connectivity index (χ4n) is 2.19. The van der Waals surface area contributed by atoms with Gasteiger partial charge in [0, 0.05) is 6.61 Å². The average molecular weight is 309 g/mol. The quantitative estimate of drug-likeness (QED) is 0.724. The van der Waals surface area contributed by atoms with Gasteiger partial charge in [-0.25, -0.2) is 0 Å². The van der Waals surface area contributed by atoms with Gasteiger partial charge >= 0.3 is 12.4 Å². The third kappa shape index (κ3) is 3.29. The Morgan fingerprint density at radius 2 is 1.52 bits per heavy atom. The summed E-state index contributed by atoms with van der Waals surface area (Å²) in [5, 5.41) is 8.88. The van der Waals surface area contributed by atoms with Crippen LogP contribution in [0.15, 0.2) is 18.2 Å². The van der Waals surface area contributed by atoms with Crippen LogP contribution in [-0.2, 0) is 17.1 Å². The van der Waals surface area contributed by atoms with Crippen molar-refractivity contribution in [1.29, 1.82) is 5.26 Å². The van der Waals surface area contributed by atoms with Gasteiger partial charge in [0.25, 0.3) is 0 Å². The minimum atomic E-state index is -4.91. The van der Waals surface area contributed by atoms with Crippen LogP contribution in [0.25, 0.3) is 0 Å². The Balaban J connectivity index is 2.53. The SMILES string of the molecule is N#CC1CCOC1c1cc(C(F)(F)F)cc(C(F)(F)F)c1. The first-order chi connectivity index (χ1) is 9.63. The first-order valence-electron chi connectivity index (χ1n) is 5.93. The Labute approximate surface area is 115 Å². The molecule has 21 heavy (non-hydrogen) atoms. The molecule has 1 heterocycles. The van der Waals surface area contributed by atoms with Crippen LogP contribution in [0.3, 0.4) is 0 Å². The second kappa shape index (κ2) is 5.22. The third-order valence-corrected chi connectivity index (χ3v) is 3.20. The summed E-state index contributed by atoms with van der Waals surface area (Å²) in [4.78, 5) is 0. The van der Waals surface area contributed by atoms with Gasteiger partial charge in [0.05, 0.1) is 29.2 Å². The fourth-order valence-corrected chi connectivity index (χ4v) is 2.19. The molecular weight excluding hydrogens is 300 g/mol. The molecular formula is C13H9F6NO. The summed E-state index contributed by atoms with van der Waals surface area (Å²) in [6.07, 6.45) is -10.6. The number of nitriles is 1. The molecule has 2 atom stereocenters. The lowest BCUT2D eigenvalue weighted by molar-refractivity contribution is -0.143. The molecule has 0 aliphatic carbocycles. The van der Waals surface area contributed by atoms with Crippen molar-refractivity contribution in [2.75, 3.05) is 6.61 Å². The van der Waals surface area contributed by atoms with Crippen molar-refractivity contribution in [2.45, 2.75) is 24.9 Å². The van der Waals surface area contributed by atoms with E-state index >= 15 is 0 Å². The van der Waals surface area contributed by atoms with Crippen LogP contribution in [0.5, 0.6) is 0 Å². The largest absolute Gasteiger partial charge is 0.416 e. The molecule has 0 bridgehead atoms. The number of hydrogen-bond acceptors (Lipinski definition) is 2. The van der Waals surface area contributed by atoms with Crippen molar-refractivity contribution in [2.24, 2.45) is 5.92 Å². The van der Waals surface area contributed by atoms with E-state index in [0.29, 0.717) is 12.1 Å². The molecule has 1 aliphatic rings. The fraction of sp³-hybridized carbons (Fsp3) is 0.462. The minimum absolute atomic E-state index is 0.0554.